The van der Waals surface area contributed by atoms with Gasteiger partial charge in [-0.2, -0.15) is 8.42 Å². The summed E-state index contributed by atoms with van der Waals surface area (Å²) in [5.74, 6) is -1.46. The molecule has 0 unspecified atom stereocenters. The summed E-state index contributed by atoms with van der Waals surface area (Å²) in [6.07, 6.45) is -1.34. The third-order valence-electron chi connectivity index (χ3n) is 2.96. The van der Waals surface area contributed by atoms with E-state index in [1.807, 2.05) is 0 Å². The number of ether oxygens (including phenoxy) is 1. The third kappa shape index (κ3) is 3.52. The number of carbonyl (C=O) groups is 2. The lowest BCUT2D eigenvalue weighted by molar-refractivity contribution is -0.119. The van der Waals surface area contributed by atoms with Gasteiger partial charge < -0.3 is 10.1 Å². The fraction of sp³-hybridized carbons (Fsp3) is 0.333. The highest BCUT2D eigenvalue weighted by Crippen LogP contribution is 2.25. The Balaban J connectivity index is 2.17. The molecule has 1 aliphatic heterocycles. The summed E-state index contributed by atoms with van der Waals surface area (Å²) in [5.41, 5.74) is 0.0835. The van der Waals surface area contributed by atoms with Crippen molar-refractivity contribution in [2.75, 3.05) is 18.0 Å². The highest BCUT2D eigenvalue weighted by Gasteiger charge is 2.33. The number of carbonyl (C=O) groups excluding carboxylic acids is 2. The van der Waals surface area contributed by atoms with Gasteiger partial charge in [0.15, 0.2) is 0 Å². The molecule has 1 aliphatic rings. The van der Waals surface area contributed by atoms with Crippen molar-refractivity contribution in [2.24, 2.45) is 0 Å². The minimum atomic E-state index is -4.67. The van der Waals surface area contributed by atoms with E-state index in [0.717, 1.165) is 17.0 Å². The minimum Gasteiger partial charge on any atom is -0.442 e. The van der Waals surface area contributed by atoms with Crippen molar-refractivity contribution in [1.82, 2.24) is 5.32 Å². The van der Waals surface area contributed by atoms with E-state index in [-0.39, 0.29) is 24.7 Å². The van der Waals surface area contributed by atoms with Crippen molar-refractivity contribution in [1.29, 1.82) is 0 Å². The van der Waals surface area contributed by atoms with Gasteiger partial charge in [-0.15, -0.1) is 0 Å². The number of hydrogen-bond donors (Lipinski definition) is 2. The maximum absolute atomic E-state index is 13.7. The molecule has 1 saturated heterocycles. The highest BCUT2D eigenvalue weighted by atomic mass is 32.2. The molecule has 8 nitrogen and oxygen atoms in total. The number of benzene rings is 1. The summed E-state index contributed by atoms with van der Waals surface area (Å²) in [7, 11) is -4.67. The van der Waals surface area contributed by atoms with E-state index in [0.29, 0.717) is 0 Å². The smallest absolute Gasteiger partial charge is 0.414 e. The second-order valence-corrected chi connectivity index (χ2v) is 6.03. The summed E-state index contributed by atoms with van der Waals surface area (Å²) in [6, 6.07) is 2.84. The van der Waals surface area contributed by atoms with Crippen molar-refractivity contribution in [3.8, 4) is 0 Å². The van der Waals surface area contributed by atoms with Crippen LogP contribution >= 0.6 is 0 Å². The first-order valence-electron chi connectivity index (χ1n) is 6.18. The first kappa shape index (κ1) is 16.2. The maximum atomic E-state index is 13.7. The highest BCUT2D eigenvalue weighted by molar-refractivity contribution is 7.85. The van der Waals surface area contributed by atoms with Gasteiger partial charge in [-0.1, -0.05) is 0 Å². The van der Waals surface area contributed by atoms with Crippen LogP contribution in [0.2, 0.25) is 0 Å². The van der Waals surface area contributed by atoms with Gasteiger partial charge in [0, 0.05) is 6.92 Å². The number of nitrogens with zero attached hydrogens (tertiary/aromatic N) is 1. The first-order valence-corrected chi connectivity index (χ1v) is 7.62. The fourth-order valence-electron chi connectivity index (χ4n) is 1.96. The van der Waals surface area contributed by atoms with Gasteiger partial charge in [-0.05, 0) is 18.2 Å². The van der Waals surface area contributed by atoms with Crippen LogP contribution in [0.3, 0.4) is 0 Å². The Kier molecular flexibility index (Phi) is 4.33. The van der Waals surface area contributed by atoms with Crippen LogP contribution in [0.25, 0.3) is 0 Å². The Bertz CT molecular complexity index is 720. The topological polar surface area (TPSA) is 113 Å². The lowest BCUT2D eigenvalue weighted by Gasteiger charge is -2.13. The molecular weight excluding hydrogens is 319 g/mol. The Hall–Kier alpha value is -2.20. The van der Waals surface area contributed by atoms with Crippen molar-refractivity contribution < 1.29 is 31.7 Å². The molecule has 1 aromatic carbocycles. The molecule has 1 aromatic rings. The Morgan fingerprint density at radius 3 is 2.77 bits per heavy atom. The fourth-order valence-corrected chi connectivity index (χ4v) is 2.51. The molecule has 2 amide bonds. The molecule has 0 spiro atoms. The van der Waals surface area contributed by atoms with Crippen LogP contribution in [0.1, 0.15) is 6.92 Å². The van der Waals surface area contributed by atoms with Crippen molar-refractivity contribution in [2.45, 2.75) is 17.9 Å². The molecule has 0 aliphatic carbocycles. The average Bonchev–Trinajstić information content (AvgIpc) is 2.76. The third-order valence-corrected chi connectivity index (χ3v) is 3.84. The second-order valence-electron chi connectivity index (χ2n) is 4.64. The summed E-state index contributed by atoms with van der Waals surface area (Å²) in [4.78, 5) is 22.8. The molecule has 0 bridgehead atoms. The number of halogens is 1. The van der Waals surface area contributed by atoms with Crippen LogP contribution < -0.4 is 10.2 Å². The Labute approximate surface area is 125 Å². The van der Waals surface area contributed by atoms with Gasteiger partial charge in [0.2, 0.25) is 5.91 Å². The van der Waals surface area contributed by atoms with E-state index in [1.165, 1.54) is 13.0 Å². The van der Waals surface area contributed by atoms with Gasteiger partial charge in [-0.25, -0.2) is 9.18 Å². The monoisotopic (exact) mass is 332 g/mol. The molecule has 120 valence electrons. The predicted molar refractivity (Wildman–Crippen MR) is 72.5 cm³/mol. The largest absolute Gasteiger partial charge is 0.442 e. The molecule has 10 heteroatoms. The van der Waals surface area contributed by atoms with Crippen molar-refractivity contribution in [3.05, 3.63) is 24.0 Å². The number of nitrogens with one attached hydrogen (secondary N) is 1. The molecule has 0 aromatic heterocycles. The molecule has 1 atom stereocenters. The molecule has 2 N–H and O–H groups in total. The summed E-state index contributed by atoms with van der Waals surface area (Å²) in [6.45, 7) is 1.50. The van der Waals surface area contributed by atoms with Crippen molar-refractivity contribution >= 4 is 27.8 Å². The number of anilines is 1. The first-order chi connectivity index (χ1) is 10.2. The van der Waals surface area contributed by atoms with Crippen LogP contribution in [-0.4, -0.2) is 44.2 Å². The van der Waals surface area contributed by atoms with Crippen LogP contribution in [0, 0.1) is 5.82 Å². The lowest BCUT2D eigenvalue weighted by Crippen LogP contribution is -2.33. The Morgan fingerprint density at radius 2 is 2.23 bits per heavy atom. The van der Waals surface area contributed by atoms with Crippen molar-refractivity contribution in [3.63, 3.8) is 0 Å². The zero-order valence-electron chi connectivity index (χ0n) is 11.4. The molecule has 22 heavy (non-hydrogen) atoms. The van der Waals surface area contributed by atoms with Gasteiger partial charge >= 0.3 is 6.09 Å². The number of amides is 2. The molecule has 1 fully saturated rings. The van der Waals surface area contributed by atoms with E-state index in [1.54, 1.807) is 0 Å². The van der Waals surface area contributed by atoms with Gasteiger partial charge in [-0.3, -0.25) is 14.2 Å². The molecular formula is C12H13FN2O6S. The summed E-state index contributed by atoms with van der Waals surface area (Å²) < 4.78 is 49.4. The van der Waals surface area contributed by atoms with E-state index >= 15 is 0 Å². The molecule has 2 rings (SSSR count). The minimum absolute atomic E-state index is 0.0732. The summed E-state index contributed by atoms with van der Waals surface area (Å²) in [5, 5.41) is 2.49. The van der Waals surface area contributed by atoms with Crippen LogP contribution in [0.4, 0.5) is 14.9 Å². The SMILES string of the molecule is CC(=O)NC[C@H]1CN(c2ccc(S(=O)(=O)O)c(F)c2)C(=O)O1. The zero-order chi connectivity index (χ0) is 16.5. The molecule has 0 radical (unpaired) electrons. The number of cyclic esters (lactones) is 1. The molecule has 1 heterocycles. The zero-order valence-corrected chi connectivity index (χ0v) is 12.3. The van der Waals surface area contributed by atoms with E-state index in [2.05, 4.69) is 5.32 Å². The second kappa shape index (κ2) is 5.89. The van der Waals surface area contributed by atoms with E-state index in [9.17, 15) is 22.4 Å². The van der Waals surface area contributed by atoms with Crippen LogP contribution in [0.15, 0.2) is 23.1 Å². The number of rotatable bonds is 4. The normalized spacial score (nSPS) is 18.2. The number of hydrogen-bond acceptors (Lipinski definition) is 5. The van der Waals surface area contributed by atoms with Crippen LogP contribution in [0.5, 0.6) is 0 Å². The van der Waals surface area contributed by atoms with E-state index in [4.69, 9.17) is 9.29 Å². The Morgan fingerprint density at radius 1 is 1.55 bits per heavy atom. The molecule has 0 saturated carbocycles. The van der Waals surface area contributed by atoms with Crippen LogP contribution in [-0.2, 0) is 19.6 Å². The van der Waals surface area contributed by atoms with Gasteiger partial charge in [0.05, 0.1) is 18.8 Å². The maximum Gasteiger partial charge on any atom is 0.414 e. The lowest BCUT2D eigenvalue weighted by atomic mass is 10.2. The van der Waals surface area contributed by atoms with Gasteiger partial charge in [0.25, 0.3) is 10.1 Å². The average molecular weight is 332 g/mol. The van der Waals surface area contributed by atoms with Gasteiger partial charge in [0.1, 0.15) is 16.8 Å². The predicted octanol–water partition coefficient (Wildman–Crippen LogP) is 0.534. The quantitative estimate of drug-likeness (QED) is 0.778. The van der Waals surface area contributed by atoms with E-state index < -0.39 is 33.0 Å². The standard InChI is InChI=1S/C12H13FN2O6S/c1-7(16)14-5-9-6-15(12(17)21-9)8-2-3-11(10(13)4-8)22(18,19)20/h2-4,9H,5-6H2,1H3,(H,14,16)(H,18,19,20)/t9-/m0/s1. The summed E-state index contributed by atoms with van der Waals surface area (Å²) >= 11 is 0.